The quantitative estimate of drug-likeness (QED) is 0.184. The van der Waals surface area contributed by atoms with Crippen LogP contribution < -0.4 is 4.74 Å². The molecular weight excluding hydrogens is 522 g/mol. The third-order valence-corrected chi connectivity index (χ3v) is 8.14. The lowest BCUT2D eigenvalue weighted by atomic mass is 9.90. The normalized spacial score (nSPS) is 14.9. The Bertz CT molecular complexity index is 1480. The number of hydrogen-bond acceptors (Lipinski definition) is 5. The molecule has 2 unspecified atom stereocenters. The molecule has 0 bridgehead atoms. The van der Waals surface area contributed by atoms with E-state index in [1.54, 1.807) is 6.92 Å². The fourth-order valence-electron chi connectivity index (χ4n) is 5.88. The third-order valence-electron chi connectivity index (χ3n) is 8.14. The average molecular weight is 564 g/mol. The molecule has 0 saturated carbocycles. The predicted molar refractivity (Wildman–Crippen MR) is 168 cm³/mol. The number of aryl methyl sites for hydroxylation is 3. The highest BCUT2D eigenvalue weighted by Crippen LogP contribution is 2.38. The zero-order valence-electron chi connectivity index (χ0n) is 25.1. The molecule has 218 valence electrons. The maximum atomic E-state index is 12.1. The van der Waals surface area contributed by atoms with Gasteiger partial charge in [-0.05, 0) is 84.8 Å². The Hall–Kier alpha value is -3.93. The molecule has 0 N–H and O–H groups in total. The van der Waals surface area contributed by atoms with Gasteiger partial charge in [0.2, 0.25) is 0 Å². The number of ether oxygens (including phenoxy) is 3. The SMILES string of the molecule is CCOC(=O)C(Cc1ccc(OCCN(C)C2c3ccc(-c4ccccc4)cc3CCc3ccc(C)cc32)cc1)OC. The molecule has 2 atom stereocenters. The summed E-state index contributed by atoms with van der Waals surface area (Å²) in [5.41, 5.74) is 10.4. The number of likely N-dealkylation sites (N-methyl/N-ethyl adjacent to an activating group) is 1. The first-order valence-corrected chi connectivity index (χ1v) is 14.9. The molecule has 0 aromatic heterocycles. The topological polar surface area (TPSA) is 48.0 Å². The number of nitrogens with zero attached hydrogens (tertiary/aromatic N) is 1. The van der Waals surface area contributed by atoms with Crippen molar-refractivity contribution < 1.29 is 19.0 Å². The largest absolute Gasteiger partial charge is 0.492 e. The number of rotatable bonds is 11. The van der Waals surface area contributed by atoms with E-state index in [9.17, 15) is 4.79 Å². The molecule has 4 aromatic rings. The van der Waals surface area contributed by atoms with Crippen molar-refractivity contribution in [1.29, 1.82) is 0 Å². The highest BCUT2D eigenvalue weighted by Gasteiger charge is 2.27. The Morgan fingerprint density at radius 3 is 2.38 bits per heavy atom. The van der Waals surface area contributed by atoms with Crippen molar-refractivity contribution in [3.05, 3.63) is 124 Å². The van der Waals surface area contributed by atoms with E-state index in [0.29, 0.717) is 19.6 Å². The summed E-state index contributed by atoms with van der Waals surface area (Å²) in [7, 11) is 3.73. The van der Waals surface area contributed by atoms with Gasteiger partial charge in [-0.1, -0.05) is 84.4 Å². The van der Waals surface area contributed by atoms with Crippen LogP contribution >= 0.6 is 0 Å². The van der Waals surface area contributed by atoms with Gasteiger partial charge < -0.3 is 14.2 Å². The van der Waals surface area contributed by atoms with E-state index < -0.39 is 6.10 Å². The summed E-state index contributed by atoms with van der Waals surface area (Å²) in [6.45, 7) is 5.65. The monoisotopic (exact) mass is 563 g/mol. The second kappa shape index (κ2) is 13.8. The van der Waals surface area contributed by atoms with E-state index in [4.69, 9.17) is 14.2 Å². The van der Waals surface area contributed by atoms with Crippen LogP contribution in [0.2, 0.25) is 0 Å². The molecule has 0 heterocycles. The van der Waals surface area contributed by atoms with Gasteiger partial charge in [0.1, 0.15) is 12.4 Å². The number of carbonyl (C=O) groups excluding carboxylic acids is 1. The van der Waals surface area contributed by atoms with E-state index in [-0.39, 0.29) is 12.0 Å². The third kappa shape index (κ3) is 6.92. The number of hydrogen-bond donors (Lipinski definition) is 0. The Morgan fingerprint density at radius 1 is 0.881 bits per heavy atom. The van der Waals surface area contributed by atoms with Crippen molar-refractivity contribution in [2.45, 2.75) is 45.3 Å². The highest BCUT2D eigenvalue weighted by molar-refractivity contribution is 5.75. The van der Waals surface area contributed by atoms with Crippen LogP contribution in [0.4, 0.5) is 0 Å². The Morgan fingerprint density at radius 2 is 1.64 bits per heavy atom. The Labute approximate surface area is 250 Å². The summed E-state index contributed by atoms with van der Waals surface area (Å²) in [6.07, 6.45) is 1.92. The predicted octanol–water partition coefficient (Wildman–Crippen LogP) is 6.98. The molecule has 4 aromatic carbocycles. The Kier molecular flexibility index (Phi) is 9.73. The molecule has 0 saturated heterocycles. The van der Waals surface area contributed by atoms with Crippen molar-refractivity contribution in [2.24, 2.45) is 0 Å². The first-order valence-electron chi connectivity index (χ1n) is 14.9. The van der Waals surface area contributed by atoms with E-state index in [1.807, 2.05) is 24.3 Å². The Balaban J connectivity index is 1.30. The summed E-state index contributed by atoms with van der Waals surface area (Å²) >= 11 is 0. The fourth-order valence-corrected chi connectivity index (χ4v) is 5.88. The second-order valence-corrected chi connectivity index (χ2v) is 11.0. The van der Waals surface area contributed by atoms with Gasteiger partial charge in [0.05, 0.1) is 12.6 Å². The van der Waals surface area contributed by atoms with Gasteiger partial charge in [0, 0.05) is 20.1 Å². The van der Waals surface area contributed by atoms with Crippen LogP contribution in [0.15, 0.2) is 91.0 Å². The smallest absolute Gasteiger partial charge is 0.335 e. The van der Waals surface area contributed by atoms with Gasteiger partial charge in [-0.15, -0.1) is 0 Å². The van der Waals surface area contributed by atoms with Gasteiger partial charge >= 0.3 is 5.97 Å². The maximum Gasteiger partial charge on any atom is 0.335 e. The van der Waals surface area contributed by atoms with Crippen LogP contribution in [0.3, 0.4) is 0 Å². The molecule has 0 amide bonds. The lowest BCUT2D eigenvalue weighted by Crippen LogP contribution is -2.30. The molecule has 1 aliphatic rings. The maximum absolute atomic E-state index is 12.1. The number of benzene rings is 4. The summed E-state index contributed by atoms with van der Waals surface area (Å²) in [5.74, 6) is 0.471. The van der Waals surface area contributed by atoms with E-state index >= 15 is 0 Å². The molecule has 0 fully saturated rings. The first kappa shape index (κ1) is 29.6. The zero-order valence-corrected chi connectivity index (χ0v) is 25.1. The van der Waals surface area contributed by atoms with Crippen LogP contribution in [0.1, 0.15) is 46.3 Å². The number of carbonyl (C=O) groups is 1. The van der Waals surface area contributed by atoms with Gasteiger partial charge in [0.25, 0.3) is 0 Å². The van der Waals surface area contributed by atoms with Crippen molar-refractivity contribution in [3.8, 4) is 16.9 Å². The second-order valence-electron chi connectivity index (χ2n) is 11.0. The number of esters is 1. The lowest BCUT2D eigenvalue weighted by molar-refractivity contribution is -0.154. The van der Waals surface area contributed by atoms with Crippen molar-refractivity contribution in [1.82, 2.24) is 4.90 Å². The van der Waals surface area contributed by atoms with Crippen LogP contribution in [0.25, 0.3) is 11.1 Å². The molecule has 5 heteroatoms. The molecule has 5 nitrogen and oxygen atoms in total. The summed E-state index contributed by atoms with van der Waals surface area (Å²) in [4.78, 5) is 14.5. The number of methoxy groups -OCH3 is 1. The van der Waals surface area contributed by atoms with Crippen molar-refractivity contribution >= 4 is 5.97 Å². The van der Waals surface area contributed by atoms with Crippen molar-refractivity contribution in [3.63, 3.8) is 0 Å². The van der Waals surface area contributed by atoms with E-state index in [1.165, 1.54) is 46.1 Å². The van der Waals surface area contributed by atoms with E-state index in [0.717, 1.165) is 30.7 Å². The minimum Gasteiger partial charge on any atom is -0.492 e. The molecular formula is C37H41NO4. The highest BCUT2D eigenvalue weighted by atomic mass is 16.6. The zero-order chi connectivity index (χ0) is 29.5. The van der Waals surface area contributed by atoms with Crippen LogP contribution in [-0.4, -0.2) is 50.9 Å². The van der Waals surface area contributed by atoms with Gasteiger partial charge in [-0.25, -0.2) is 4.79 Å². The average Bonchev–Trinajstić information content (AvgIpc) is 3.17. The van der Waals surface area contributed by atoms with Crippen molar-refractivity contribution in [2.75, 3.05) is 33.9 Å². The molecule has 0 aliphatic heterocycles. The van der Waals surface area contributed by atoms with Crippen LogP contribution in [-0.2, 0) is 33.5 Å². The van der Waals surface area contributed by atoms with Gasteiger partial charge in [0.15, 0.2) is 6.10 Å². The molecule has 0 spiro atoms. The van der Waals surface area contributed by atoms with Gasteiger partial charge in [-0.2, -0.15) is 0 Å². The van der Waals surface area contributed by atoms with Gasteiger partial charge in [-0.3, -0.25) is 4.90 Å². The molecule has 0 radical (unpaired) electrons. The summed E-state index contributed by atoms with van der Waals surface area (Å²) in [6, 6.07) is 32.5. The molecule has 1 aliphatic carbocycles. The summed E-state index contributed by atoms with van der Waals surface area (Å²) in [5, 5.41) is 0. The first-order chi connectivity index (χ1) is 20.5. The van der Waals surface area contributed by atoms with Crippen LogP contribution in [0.5, 0.6) is 5.75 Å². The minimum atomic E-state index is -0.608. The molecule has 5 rings (SSSR count). The van der Waals surface area contributed by atoms with Crippen LogP contribution in [0, 0.1) is 6.92 Å². The standard InChI is InChI=1S/C37H41NO4/c1-5-41-37(39)35(40-4)24-27-12-18-32(19-13-27)42-22-21-38(3)36-33-20-17-30(28-9-7-6-8-10-28)25-31(33)16-15-29-14-11-26(2)23-34(29)36/h6-14,17-20,23,25,35-36H,5,15-16,21-22,24H2,1-4H3. The fraction of sp³-hybridized carbons (Fsp3) is 0.324. The van der Waals surface area contributed by atoms with E-state index in [2.05, 4.69) is 85.6 Å². The summed E-state index contributed by atoms with van der Waals surface area (Å²) < 4.78 is 16.6. The minimum absolute atomic E-state index is 0.155. The lowest BCUT2D eigenvalue weighted by Gasteiger charge is -2.31. The molecule has 42 heavy (non-hydrogen) atoms. The number of fused-ring (bicyclic) bond motifs is 2.